The summed E-state index contributed by atoms with van der Waals surface area (Å²) in [7, 11) is 0. The zero-order chi connectivity index (χ0) is 9.14. The van der Waals surface area contributed by atoms with E-state index in [4.69, 9.17) is 0 Å². The van der Waals surface area contributed by atoms with Crippen LogP contribution in [-0.2, 0) is 6.54 Å². The summed E-state index contributed by atoms with van der Waals surface area (Å²) < 4.78 is 0. The number of aryl methyl sites for hydroxylation is 2. The van der Waals surface area contributed by atoms with E-state index >= 15 is 0 Å². The van der Waals surface area contributed by atoms with Gasteiger partial charge in [-0.1, -0.05) is 23.8 Å². The summed E-state index contributed by atoms with van der Waals surface area (Å²) in [5.41, 5.74) is 2.93. The number of hydrogen-bond donors (Lipinski definition) is 0. The first kappa shape index (κ1) is 8.71. The van der Waals surface area contributed by atoms with E-state index in [0.29, 0.717) is 0 Å². The van der Waals surface area contributed by atoms with Crippen LogP contribution in [0.1, 0.15) is 16.7 Å². The van der Waals surface area contributed by atoms with Crippen LogP contribution >= 0.6 is 0 Å². The molecule has 0 saturated carbocycles. The third-order valence-corrected chi connectivity index (χ3v) is 1.80. The third-order valence-electron chi connectivity index (χ3n) is 1.80. The fraction of sp³-hybridized carbons (Fsp3) is 0.333. The highest BCUT2D eigenvalue weighted by atomic mass is 16.6. The van der Waals surface area contributed by atoms with Crippen LogP contribution in [0.3, 0.4) is 0 Å². The zero-order valence-electron chi connectivity index (χ0n) is 7.20. The second-order valence-electron chi connectivity index (χ2n) is 2.92. The average molecular weight is 165 g/mol. The Kier molecular flexibility index (Phi) is 2.43. The van der Waals surface area contributed by atoms with Crippen molar-refractivity contribution in [2.24, 2.45) is 0 Å². The molecule has 3 nitrogen and oxygen atoms in total. The van der Waals surface area contributed by atoms with Crippen molar-refractivity contribution in [2.45, 2.75) is 20.4 Å². The lowest BCUT2D eigenvalue weighted by atomic mass is 10.1. The Bertz CT molecular complexity index is 307. The number of benzene rings is 1. The minimum atomic E-state index is -0.308. The number of nitrogens with zero attached hydrogens (tertiary/aromatic N) is 1. The van der Waals surface area contributed by atoms with Gasteiger partial charge in [0.05, 0.1) is 0 Å². The summed E-state index contributed by atoms with van der Waals surface area (Å²) in [6.07, 6.45) is 0. The van der Waals surface area contributed by atoms with Crippen molar-refractivity contribution in [1.29, 1.82) is 0 Å². The SMILES string of the molecule is Cc1ccc(C[N+](=O)[O-])c(C)c1. The van der Waals surface area contributed by atoms with Gasteiger partial charge >= 0.3 is 0 Å². The van der Waals surface area contributed by atoms with Crippen LogP contribution in [-0.4, -0.2) is 4.92 Å². The molecule has 0 radical (unpaired) electrons. The molecule has 0 N–H and O–H groups in total. The smallest absolute Gasteiger partial charge is 0.229 e. The number of hydrogen-bond acceptors (Lipinski definition) is 2. The summed E-state index contributed by atoms with van der Waals surface area (Å²) in [6.45, 7) is 3.79. The van der Waals surface area contributed by atoms with Gasteiger partial charge in [0.1, 0.15) is 0 Å². The largest absolute Gasteiger partial charge is 0.264 e. The predicted octanol–water partition coefficient (Wildman–Crippen LogP) is 2.08. The van der Waals surface area contributed by atoms with Crippen molar-refractivity contribution in [3.8, 4) is 0 Å². The summed E-state index contributed by atoms with van der Waals surface area (Å²) in [5.74, 6) is 0. The van der Waals surface area contributed by atoms with E-state index in [1.165, 1.54) is 0 Å². The Labute approximate surface area is 71.2 Å². The molecule has 0 amide bonds. The third kappa shape index (κ3) is 2.05. The van der Waals surface area contributed by atoms with Crippen LogP contribution in [0, 0.1) is 24.0 Å². The van der Waals surface area contributed by atoms with Gasteiger partial charge in [-0.3, -0.25) is 10.1 Å². The lowest BCUT2D eigenvalue weighted by Gasteiger charge is -2.01. The lowest BCUT2D eigenvalue weighted by Crippen LogP contribution is -2.00. The molecule has 0 aliphatic rings. The van der Waals surface area contributed by atoms with E-state index in [9.17, 15) is 10.1 Å². The number of nitro groups is 1. The molecule has 3 heteroatoms. The molecular formula is C9H11NO2. The van der Waals surface area contributed by atoms with Gasteiger partial charge in [0.25, 0.3) is 0 Å². The minimum absolute atomic E-state index is 0.0773. The van der Waals surface area contributed by atoms with E-state index in [0.717, 1.165) is 16.7 Å². The molecule has 0 bridgehead atoms. The topological polar surface area (TPSA) is 43.1 Å². The van der Waals surface area contributed by atoms with Gasteiger partial charge in [0.2, 0.25) is 6.54 Å². The van der Waals surface area contributed by atoms with Crippen LogP contribution in [0.2, 0.25) is 0 Å². The van der Waals surface area contributed by atoms with Gasteiger partial charge in [-0.15, -0.1) is 0 Å². The molecule has 12 heavy (non-hydrogen) atoms. The highest BCUT2D eigenvalue weighted by molar-refractivity contribution is 5.29. The maximum Gasteiger partial charge on any atom is 0.229 e. The van der Waals surface area contributed by atoms with Crippen molar-refractivity contribution in [3.63, 3.8) is 0 Å². The fourth-order valence-electron chi connectivity index (χ4n) is 1.16. The van der Waals surface area contributed by atoms with Crippen molar-refractivity contribution in [2.75, 3.05) is 0 Å². The van der Waals surface area contributed by atoms with Crippen LogP contribution in [0.15, 0.2) is 18.2 Å². The first-order valence-corrected chi connectivity index (χ1v) is 3.77. The predicted molar refractivity (Wildman–Crippen MR) is 46.6 cm³/mol. The van der Waals surface area contributed by atoms with Crippen molar-refractivity contribution in [1.82, 2.24) is 0 Å². The minimum Gasteiger partial charge on any atom is -0.264 e. The summed E-state index contributed by atoms with van der Waals surface area (Å²) in [4.78, 5) is 9.90. The van der Waals surface area contributed by atoms with Crippen LogP contribution in [0.4, 0.5) is 0 Å². The highest BCUT2D eigenvalue weighted by Crippen LogP contribution is 2.10. The summed E-state index contributed by atoms with van der Waals surface area (Å²) >= 11 is 0. The fourth-order valence-corrected chi connectivity index (χ4v) is 1.16. The van der Waals surface area contributed by atoms with E-state index in [2.05, 4.69) is 0 Å². The van der Waals surface area contributed by atoms with Gasteiger partial charge in [0.15, 0.2) is 0 Å². The monoisotopic (exact) mass is 165 g/mol. The van der Waals surface area contributed by atoms with E-state index in [1.807, 2.05) is 32.0 Å². The molecule has 0 aliphatic heterocycles. The molecule has 0 atom stereocenters. The Morgan fingerprint density at radius 2 is 2.08 bits per heavy atom. The molecule has 0 unspecified atom stereocenters. The van der Waals surface area contributed by atoms with Gasteiger partial charge in [-0.25, -0.2) is 0 Å². The maximum atomic E-state index is 10.2. The van der Waals surface area contributed by atoms with Crippen LogP contribution < -0.4 is 0 Å². The highest BCUT2D eigenvalue weighted by Gasteiger charge is 2.03. The Balaban J connectivity index is 2.93. The Morgan fingerprint density at radius 3 is 2.58 bits per heavy atom. The molecule has 1 rings (SSSR count). The lowest BCUT2D eigenvalue weighted by molar-refractivity contribution is -0.496. The second-order valence-corrected chi connectivity index (χ2v) is 2.92. The molecule has 0 aliphatic carbocycles. The van der Waals surface area contributed by atoms with Crippen LogP contribution in [0.25, 0.3) is 0 Å². The van der Waals surface area contributed by atoms with Crippen molar-refractivity contribution in [3.05, 3.63) is 45.0 Å². The molecule has 0 heterocycles. The van der Waals surface area contributed by atoms with E-state index < -0.39 is 0 Å². The second kappa shape index (κ2) is 3.34. The zero-order valence-corrected chi connectivity index (χ0v) is 7.20. The van der Waals surface area contributed by atoms with E-state index in [-0.39, 0.29) is 11.5 Å². The Morgan fingerprint density at radius 1 is 1.42 bits per heavy atom. The van der Waals surface area contributed by atoms with Gasteiger partial charge in [-0.2, -0.15) is 0 Å². The molecule has 0 spiro atoms. The molecule has 0 saturated heterocycles. The standard InChI is InChI=1S/C9H11NO2/c1-7-3-4-9(6-10(11)12)8(2)5-7/h3-5H,6H2,1-2H3. The first-order chi connectivity index (χ1) is 5.59. The maximum absolute atomic E-state index is 10.2. The first-order valence-electron chi connectivity index (χ1n) is 3.77. The van der Waals surface area contributed by atoms with Crippen LogP contribution in [0.5, 0.6) is 0 Å². The summed E-state index contributed by atoms with van der Waals surface area (Å²) in [5, 5.41) is 10.2. The molecule has 0 aromatic heterocycles. The normalized spacial score (nSPS) is 9.83. The molecule has 1 aromatic carbocycles. The molecular weight excluding hydrogens is 154 g/mol. The van der Waals surface area contributed by atoms with Gasteiger partial charge < -0.3 is 0 Å². The van der Waals surface area contributed by atoms with Gasteiger partial charge in [0, 0.05) is 10.5 Å². The van der Waals surface area contributed by atoms with Crippen molar-refractivity contribution >= 4 is 0 Å². The van der Waals surface area contributed by atoms with Gasteiger partial charge in [-0.05, 0) is 19.4 Å². The average Bonchev–Trinajstić information content (AvgIpc) is 1.94. The van der Waals surface area contributed by atoms with Crippen molar-refractivity contribution < 1.29 is 4.92 Å². The molecule has 1 aromatic rings. The Hall–Kier alpha value is -1.38. The molecule has 0 fully saturated rings. The molecule has 64 valence electrons. The summed E-state index contributed by atoms with van der Waals surface area (Å²) in [6, 6.07) is 5.66. The number of rotatable bonds is 2. The quantitative estimate of drug-likeness (QED) is 0.497. The van der Waals surface area contributed by atoms with E-state index in [1.54, 1.807) is 0 Å².